The Balaban J connectivity index is 1.34. The Morgan fingerprint density at radius 3 is 2.11 bits per heavy atom. The first-order valence-corrected chi connectivity index (χ1v) is 12.2. The van der Waals surface area contributed by atoms with Crippen LogP contribution in [-0.2, 0) is 14.3 Å². The molecule has 1 aliphatic carbocycles. The summed E-state index contributed by atoms with van der Waals surface area (Å²) in [5.41, 5.74) is 0.849. The van der Waals surface area contributed by atoms with Gasteiger partial charge in [-0.1, -0.05) is 6.58 Å². The zero-order valence-corrected chi connectivity index (χ0v) is 20.1. The summed E-state index contributed by atoms with van der Waals surface area (Å²) in [7, 11) is 0. The van der Waals surface area contributed by atoms with Gasteiger partial charge in [-0.15, -0.1) is 0 Å². The molecule has 0 aromatic heterocycles. The van der Waals surface area contributed by atoms with E-state index in [1.165, 1.54) is 0 Å². The number of halogens is 3. The van der Waals surface area contributed by atoms with E-state index in [0.717, 1.165) is 43.9 Å². The lowest BCUT2D eigenvalue weighted by Gasteiger charge is -2.28. The molecule has 1 fully saturated rings. The fourth-order valence-electron chi connectivity index (χ4n) is 4.21. The lowest BCUT2D eigenvalue weighted by atomic mass is 9.82. The van der Waals surface area contributed by atoms with Crippen molar-refractivity contribution in [1.82, 2.24) is 0 Å². The summed E-state index contributed by atoms with van der Waals surface area (Å²) < 4.78 is 56.5. The van der Waals surface area contributed by atoms with Crippen LogP contribution in [0.3, 0.4) is 0 Å². The van der Waals surface area contributed by atoms with Crippen molar-refractivity contribution < 1.29 is 37.0 Å². The van der Waals surface area contributed by atoms with E-state index in [0.29, 0.717) is 55.8 Å². The van der Waals surface area contributed by atoms with Crippen LogP contribution in [0.1, 0.15) is 73.2 Å². The van der Waals surface area contributed by atoms with Crippen molar-refractivity contribution in [1.29, 1.82) is 0 Å². The van der Waals surface area contributed by atoms with Crippen LogP contribution in [0.2, 0.25) is 0 Å². The minimum atomic E-state index is -1.46. The average molecular weight is 505 g/mol. The molecule has 0 unspecified atom stereocenters. The van der Waals surface area contributed by atoms with Gasteiger partial charge in [-0.05, 0) is 99.2 Å². The molecule has 0 saturated heterocycles. The SMILES string of the molecule is C=CC(=O)OCCCCCCOc1ccc(C(=O)OC2CCC(c3cc(F)c(F)c(F)c3)CC2)cc1. The van der Waals surface area contributed by atoms with Crippen molar-refractivity contribution in [3.63, 3.8) is 0 Å². The number of unbranched alkanes of at least 4 members (excludes halogenated alkanes) is 3. The highest BCUT2D eigenvalue weighted by Gasteiger charge is 2.26. The van der Waals surface area contributed by atoms with E-state index < -0.39 is 29.4 Å². The van der Waals surface area contributed by atoms with Crippen molar-refractivity contribution in [3.05, 3.63) is 77.6 Å². The van der Waals surface area contributed by atoms with Gasteiger partial charge < -0.3 is 14.2 Å². The molecule has 0 N–H and O–H groups in total. The molecule has 1 aliphatic rings. The highest BCUT2D eigenvalue weighted by molar-refractivity contribution is 5.89. The van der Waals surface area contributed by atoms with Gasteiger partial charge in [0.25, 0.3) is 0 Å². The van der Waals surface area contributed by atoms with Gasteiger partial charge in [-0.2, -0.15) is 0 Å². The third-order valence-corrected chi connectivity index (χ3v) is 6.23. The second-order valence-corrected chi connectivity index (χ2v) is 8.84. The van der Waals surface area contributed by atoms with E-state index in [2.05, 4.69) is 6.58 Å². The summed E-state index contributed by atoms with van der Waals surface area (Å²) in [6, 6.07) is 8.84. The highest BCUT2D eigenvalue weighted by Crippen LogP contribution is 2.35. The van der Waals surface area contributed by atoms with Crippen LogP contribution in [0, 0.1) is 17.5 Å². The van der Waals surface area contributed by atoms with Gasteiger partial charge in [0.2, 0.25) is 0 Å². The zero-order valence-electron chi connectivity index (χ0n) is 20.1. The predicted molar refractivity (Wildman–Crippen MR) is 128 cm³/mol. The summed E-state index contributed by atoms with van der Waals surface area (Å²) in [4.78, 5) is 23.4. The molecule has 8 heteroatoms. The summed E-state index contributed by atoms with van der Waals surface area (Å²) in [5, 5.41) is 0. The first-order valence-electron chi connectivity index (χ1n) is 12.2. The molecule has 0 aliphatic heterocycles. The van der Waals surface area contributed by atoms with E-state index in [9.17, 15) is 22.8 Å². The zero-order chi connectivity index (χ0) is 25.9. The molecule has 1 saturated carbocycles. The summed E-state index contributed by atoms with van der Waals surface area (Å²) in [5.74, 6) is -4.11. The van der Waals surface area contributed by atoms with Gasteiger partial charge in [0.05, 0.1) is 18.8 Å². The molecule has 0 bridgehead atoms. The maximum absolute atomic E-state index is 13.5. The summed E-state index contributed by atoms with van der Waals surface area (Å²) in [6.45, 7) is 4.27. The van der Waals surface area contributed by atoms with E-state index >= 15 is 0 Å². The monoisotopic (exact) mass is 504 g/mol. The number of esters is 2. The van der Waals surface area contributed by atoms with Crippen LogP contribution in [0.4, 0.5) is 13.2 Å². The van der Waals surface area contributed by atoms with Gasteiger partial charge in [-0.3, -0.25) is 0 Å². The van der Waals surface area contributed by atoms with Crippen molar-refractivity contribution in [2.45, 2.75) is 63.4 Å². The number of carbonyl (C=O) groups excluding carboxylic acids is 2. The van der Waals surface area contributed by atoms with Crippen molar-refractivity contribution >= 4 is 11.9 Å². The predicted octanol–water partition coefficient (Wildman–Crippen LogP) is 6.66. The Kier molecular flexibility index (Phi) is 10.4. The maximum atomic E-state index is 13.5. The Morgan fingerprint density at radius 1 is 0.889 bits per heavy atom. The molecule has 194 valence electrons. The van der Waals surface area contributed by atoms with Crippen LogP contribution in [0.15, 0.2) is 49.1 Å². The van der Waals surface area contributed by atoms with Gasteiger partial charge in [-0.25, -0.2) is 22.8 Å². The molecule has 0 amide bonds. The Hall–Kier alpha value is -3.29. The van der Waals surface area contributed by atoms with E-state index in [1.54, 1.807) is 24.3 Å². The van der Waals surface area contributed by atoms with Gasteiger partial charge in [0.1, 0.15) is 11.9 Å². The van der Waals surface area contributed by atoms with Crippen LogP contribution < -0.4 is 4.74 Å². The van der Waals surface area contributed by atoms with Crippen molar-refractivity contribution in [2.75, 3.05) is 13.2 Å². The first kappa shape index (κ1) is 27.3. The van der Waals surface area contributed by atoms with Gasteiger partial charge in [0, 0.05) is 6.08 Å². The molecule has 0 radical (unpaired) electrons. The van der Waals surface area contributed by atoms with E-state index in [-0.39, 0.29) is 12.0 Å². The minimum Gasteiger partial charge on any atom is -0.494 e. The fourth-order valence-corrected chi connectivity index (χ4v) is 4.21. The second kappa shape index (κ2) is 13.7. The standard InChI is InChI=1S/C28H31F3O5/c1-2-26(32)35-16-6-4-3-5-15-34-22-11-9-20(10-12-22)28(33)36-23-13-7-19(8-14-23)21-17-24(29)27(31)25(30)18-21/h2,9-12,17-19,23H,1,3-8,13-16H2. The molecular formula is C28H31F3O5. The molecule has 0 spiro atoms. The third-order valence-electron chi connectivity index (χ3n) is 6.23. The quantitative estimate of drug-likeness (QED) is 0.140. The molecule has 36 heavy (non-hydrogen) atoms. The summed E-state index contributed by atoms with van der Waals surface area (Å²) >= 11 is 0. The van der Waals surface area contributed by atoms with Crippen molar-refractivity contribution in [2.24, 2.45) is 0 Å². The minimum absolute atomic E-state index is 0.101. The topological polar surface area (TPSA) is 61.8 Å². The first-order chi connectivity index (χ1) is 17.4. The maximum Gasteiger partial charge on any atom is 0.338 e. The number of ether oxygens (including phenoxy) is 3. The molecule has 2 aromatic carbocycles. The molecule has 0 heterocycles. The number of hydrogen-bond donors (Lipinski definition) is 0. The Bertz CT molecular complexity index is 1010. The number of hydrogen-bond acceptors (Lipinski definition) is 5. The Morgan fingerprint density at radius 2 is 1.50 bits per heavy atom. The van der Waals surface area contributed by atoms with Crippen LogP contribution in [0.25, 0.3) is 0 Å². The van der Waals surface area contributed by atoms with Gasteiger partial charge >= 0.3 is 11.9 Å². The summed E-state index contributed by atoms with van der Waals surface area (Å²) in [6.07, 6.45) is 6.71. The van der Waals surface area contributed by atoms with E-state index in [1.807, 2.05) is 0 Å². The van der Waals surface area contributed by atoms with Crippen LogP contribution in [-0.4, -0.2) is 31.3 Å². The lowest BCUT2D eigenvalue weighted by molar-refractivity contribution is -0.137. The number of rotatable bonds is 12. The largest absolute Gasteiger partial charge is 0.494 e. The molecule has 3 rings (SSSR count). The molecule has 5 nitrogen and oxygen atoms in total. The third kappa shape index (κ3) is 8.14. The van der Waals surface area contributed by atoms with Crippen LogP contribution >= 0.6 is 0 Å². The molecule has 0 atom stereocenters. The Labute approximate surface area is 209 Å². The van der Waals surface area contributed by atoms with Crippen molar-refractivity contribution in [3.8, 4) is 5.75 Å². The number of benzene rings is 2. The fraction of sp³-hybridized carbons (Fsp3) is 0.429. The normalized spacial score (nSPS) is 17.3. The van der Waals surface area contributed by atoms with E-state index in [4.69, 9.17) is 14.2 Å². The highest BCUT2D eigenvalue weighted by atomic mass is 19.2. The number of carbonyl (C=O) groups is 2. The van der Waals surface area contributed by atoms with Gasteiger partial charge in [0.15, 0.2) is 17.5 Å². The molecule has 2 aromatic rings. The second-order valence-electron chi connectivity index (χ2n) is 8.84. The smallest absolute Gasteiger partial charge is 0.338 e. The average Bonchev–Trinajstić information content (AvgIpc) is 2.89. The molecular weight excluding hydrogens is 473 g/mol. The van der Waals surface area contributed by atoms with Crippen LogP contribution in [0.5, 0.6) is 5.75 Å². The lowest BCUT2D eigenvalue weighted by Crippen LogP contribution is -2.24.